The second kappa shape index (κ2) is 4.61. The lowest BCUT2D eigenvalue weighted by molar-refractivity contribution is -0.116. The summed E-state index contributed by atoms with van der Waals surface area (Å²) in [5.74, 6) is -0.0692. The van der Waals surface area contributed by atoms with Crippen LogP contribution >= 0.6 is 0 Å². The molecule has 2 rings (SSSR count). The Morgan fingerprint density at radius 3 is 2.44 bits per heavy atom. The summed E-state index contributed by atoms with van der Waals surface area (Å²) < 4.78 is 25.1. The quantitative estimate of drug-likeness (QED) is 0.901. The molecule has 98 valence electrons. The van der Waals surface area contributed by atoms with Gasteiger partial charge >= 0.3 is 0 Å². The first kappa shape index (κ1) is 12.9. The van der Waals surface area contributed by atoms with Crippen molar-refractivity contribution in [1.82, 2.24) is 0 Å². The van der Waals surface area contributed by atoms with Gasteiger partial charge in [-0.1, -0.05) is 12.1 Å². The number of carbonyl (C=O) groups is 1. The molecule has 0 bridgehead atoms. The first-order valence-electron chi connectivity index (χ1n) is 5.75. The predicted octanol–water partition coefficient (Wildman–Crippen LogP) is 1.57. The van der Waals surface area contributed by atoms with Gasteiger partial charge < -0.3 is 4.90 Å². The van der Waals surface area contributed by atoms with Crippen molar-refractivity contribution >= 4 is 27.3 Å². The standard InChI is InChI=1S/C12H16N2O3S/c1-9(15)14(10-7-8-10)12-6-4-3-5-11(12)13-18(2,16)17/h3-6,10,13H,7-8H2,1-2H3. The molecule has 0 aliphatic heterocycles. The number of anilines is 2. The van der Waals surface area contributed by atoms with Gasteiger partial charge in [0.1, 0.15) is 0 Å². The van der Waals surface area contributed by atoms with Gasteiger partial charge in [0.25, 0.3) is 0 Å². The molecule has 1 fully saturated rings. The molecule has 0 saturated heterocycles. The summed E-state index contributed by atoms with van der Waals surface area (Å²) in [7, 11) is -3.35. The number of amides is 1. The number of para-hydroxylation sites is 2. The van der Waals surface area contributed by atoms with E-state index in [1.807, 2.05) is 0 Å². The van der Waals surface area contributed by atoms with Crippen LogP contribution in [0.15, 0.2) is 24.3 Å². The summed E-state index contributed by atoms with van der Waals surface area (Å²) in [5.41, 5.74) is 1.07. The number of nitrogens with one attached hydrogen (secondary N) is 1. The molecule has 1 saturated carbocycles. The third-order valence-electron chi connectivity index (χ3n) is 2.71. The van der Waals surface area contributed by atoms with Gasteiger partial charge in [-0.2, -0.15) is 0 Å². The summed E-state index contributed by atoms with van der Waals surface area (Å²) in [6.45, 7) is 1.50. The molecular formula is C12H16N2O3S. The maximum atomic E-state index is 11.7. The molecule has 1 aromatic carbocycles. The molecule has 1 amide bonds. The summed E-state index contributed by atoms with van der Waals surface area (Å²) >= 11 is 0. The van der Waals surface area contributed by atoms with E-state index in [-0.39, 0.29) is 11.9 Å². The fourth-order valence-electron chi connectivity index (χ4n) is 1.93. The largest absolute Gasteiger partial charge is 0.308 e. The van der Waals surface area contributed by atoms with Gasteiger partial charge in [0, 0.05) is 13.0 Å². The van der Waals surface area contributed by atoms with E-state index in [0.29, 0.717) is 11.4 Å². The van der Waals surface area contributed by atoms with E-state index in [2.05, 4.69) is 4.72 Å². The lowest BCUT2D eigenvalue weighted by Gasteiger charge is -2.23. The molecule has 5 nitrogen and oxygen atoms in total. The Morgan fingerprint density at radius 1 is 1.33 bits per heavy atom. The molecule has 1 N–H and O–H groups in total. The van der Waals surface area contributed by atoms with E-state index >= 15 is 0 Å². The Kier molecular flexibility index (Phi) is 3.30. The molecule has 0 heterocycles. The average molecular weight is 268 g/mol. The lowest BCUT2D eigenvalue weighted by Crippen LogP contribution is -2.31. The van der Waals surface area contributed by atoms with E-state index in [1.165, 1.54) is 6.92 Å². The van der Waals surface area contributed by atoms with Gasteiger partial charge in [0.2, 0.25) is 15.9 Å². The monoisotopic (exact) mass is 268 g/mol. The number of nitrogens with zero attached hydrogens (tertiary/aromatic N) is 1. The van der Waals surface area contributed by atoms with Gasteiger partial charge in [-0.05, 0) is 25.0 Å². The fraction of sp³-hybridized carbons (Fsp3) is 0.417. The zero-order valence-corrected chi connectivity index (χ0v) is 11.2. The number of hydrogen-bond acceptors (Lipinski definition) is 3. The number of carbonyl (C=O) groups excluding carboxylic acids is 1. The highest BCUT2D eigenvalue weighted by Gasteiger charge is 2.33. The van der Waals surface area contributed by atoms with Crippen LogP contribution in [-0.2, 0) is 14.8 Å². The highest BCUT2D eigenvalue weighted by Crippen LogP contribution is 2.36. The second-order valence-electron chi connectivity index (χ2n) is 4.51. The maximum absolute atomic E-state index is 11.7. The van der Waals surface area contributed by atoms with E-state index in [9.17, 15) is 13.2 Å². The number of benzene rings is 1. The first-order chi connectivity index (χ1) is 8.38. The van der Waals surface area contributed by atoms with Crippen molar-refractivity contribution in [3.8, 4) is 0 Å². The average Bonchev–Trinajstić information content (AvgIpc) is 3.02. The van der Waals surface area contributed by atoms with E-state index in [0.717, 1.165) is 19.1 Å². The molecule has 0 unspecified atom stereocenters. The Hall–Kier alpha value is -1.56. The number of sulfonamides is 1. The minimum Gasteiger partial charge on any atom is -0.308 e. The predicted molar refractivity (Wildman–Crippen MR) is 71.1 cm³/mol. The SMILES string of the molecule is CC(=O)N(c1ccccc1NS(C)(=O)=O)C1CC1. The van der Waals surface area contributed by atoms with Gasteiger partial charge in [-0.15, -0.1) is 0 Å². The number of hydrogen-bond donors (Lipinski definition) is 1. The van der Waals surface area contributed by atoms with Crippen molar-refractivity contribution in [2.75, 3.05) is 15.9 Å². The van der Waals surface area contributed by atoms with Crippen LogP contribution in [0.3, 0.4) is 0 Å². The molecule has 0 radical (unpaired) electrons. The van der Waals surface area contributed by atoms with E-state index < -0.39 is 10.0 Å². The molecule has 18 heavy (non-hydrogen) atoms. The van der Waals surface area contributed by atoms with Crippen LogP contribution in [0.1, 0.15) is 19.8 Å². The molecular weight excluding hydrogens is 252 g/mol. The normalized spacial score (nSPS) is 15.2. The third kappa shape index (κ3) is 3.01. The maximum Gasteiger partial charge on any atom is 0.229 e. The van der Waals surface area contributed by atoms with Crippen LogP contribution in [0.2, 0.25) is 0 Å². The van der Waals surface area contributed by atoms with Crippen LogP contribution in [0.4, 0.5) is 11.4 Å². The van der Waals surface area contributed by atoms with Crippen molar-refractivity contribution in [3.05, 3.63) is 24.3 Å². The zero-order chi connectivity index (χ0) is 13.3. The van der Waals surface area contributed by atoms with Crippen LogP contribution < -0.4 is 9.62 Å². The van der Waals surface area contributed by atoms with Crippen molar-refractivity contribution in [2.24, 2.45) is 0 Å². The van der Waals surface area contributed by atoms with Crippen molar-refractivity contribution < 1.29 is 13.2 Å². The topological polar surface area (TPSA) is 66.5 Å². The van der Waals surface area contributed by atoms with Crippen LogP contribution in [0.5, 0.6) is 0 Å². The Balaban J connectivity index is 2.39. The van der Waals surface area contributed by atoms with Crippen LogP contribution in [-0.4, -0.2) is 26.6 Å². The highest BCUT2D eigenvalue weighted by molar-refractivity contribution is 7.92. The lowest BCUT2D eigenvalue weighted by atomic mass is 10.2. The smallest absolute Gasteiger partial charge is 0.229 e. The van der Waals surface area contributed by atoms with Crippen molar-refractivity contribution in [2.45, 2.75) is 25.8 Å². The second-order valence-corrected chi connectivity index (χ2v) is 6.26. The van der Waals surface area contributed by atoms with Gasteiger partial charge in [-0.3, -0.25) is 9.52 Å². The minimum absolute atomic E-state index is 0.0692. The minimum atomic E-state index is -3.35. The van der Waals surface area contributed by atoms with Crippen molar-refractivity contribution in [3.63, 3.8) is 0 Å². The molecule has 0 atom stereocenters. The molecule has 0 spiro atoms. The number of rotatable bonds is 4. The van der Waals surface area contributed by atoms with E-state index in [1.54, 1.807) is 29.2 Å². The Labute approximate surface area is 107 Å². The molecule has 6 heteroatoms. The molecule has 1 aromatic rings. The Bertz CT molecular complexity index is 564. The van der Waals surface area contributed by atoms with Crippen molar-refractivity contribution in [1.29, 1.82) is 0 Å². The van der Waals surface area contributed by atoms with Gasteiger partial charge in [0.05, 0.1) is 17.6 Å². The van der Waals surface area contributed by atoms with E-state index in [4.69, 9.17) is 0 Å². The van der Waals surface area contributed by atoms with Gasteiger partial charge in [0.15, 0.2) is 0 Å². The first-order valence-corrected chi connectivity index (χ1v) is 7.64. The summed E-state index contributed by atoms with van der Waals surface area (Å²) in [6, 6.07) is 7.15. The molecule has 0 aromatic heterocycles. The summed E-state index contributed by atoms with van der Waals surface area (Å²) in [5, 5.41) is 0. The van der Waals surface area contributed by atoms with Crippen LogP contribution in [0.25, 0.3) is 0 Å². The zero-order valence-electron chi connectivity index (χ0n) is 10.4. The summed E-state index contributed by atoms with van der Waals surface area (Å²) in [6.07, 6.45) is 3.03. The molecule has 1 aliphatic carbocycles. The van der Waals surface area contributed by atoms with Crippen LogP contribution in [0, 0.1) is 0 Å². The Morgan fingerprint density at radius 2 is 1.94 bits per heavy atom. The molecule has 1 aliphatic rings. The third-order valence-corrected chi connectivity index (χ3v) is 3.30. The highest BCUT2D eigenvalue weighted by atomic mass is 32.2. The van der Waals surface area contributed by atoms with Gasteiger partial charge in [-0.25, -0.2) is 8.42 Å². The summed E-state index contributed by atoms with van der Waals surface area (Å²) in [4.78, 5) is 13.4. The fourth-order valence-corrected chi connectivity index (χ4v) is 2.50.